The Morgan fingerprint density at radius 1 is 1.28 bits per heavy atom. The van der Waals surface area contributed by atoms with Crippen LogP contribution in [-0.4, -0.2) is 23.1 Å². The van der Waals surface area contributed by atoms with E-state index in [1.54, 1.807) is 0 Å². The van der Waals surface area contributed by atoms with Gasteiger partial charge in [-0.3, -0.25) is 0 Å². The molecule has 0 aliphatic heterocycles. The summed E-state index contributed by atoms with van der Waals surface area (Å²) in [6.45, 7) is 6.63. The molecule has 0 radical (unpaired) electrons. The standard InChI is InChI=1S/C14H23N3O/c1-9-5-6-12(7-10(9)2)18-13-11(3)8-16-14(15-4)17-13/h8-10,12H,5-7H2,1-4H3,(H,15,16,17). The number of nitrogens with one attached hydrogen (secondary N) is 1. The van der Waals surface area contributed by atoms with E-state index in [1.165, 1.54) is 6.42 Å². The Bertz CT molecular complexity index is 408. The fourth-order valence-corrected chi connectivity index (χ4v) is 2.43. The largest absolute Gasteiger partial charge is 0.474 e. The highest BCUT2D eigenvalue weighted by atomic mass is 16.5. The molecule has 2 rings (SSSR count). The molecule has 1 aliphatic carbocycles. The SMILES string of the molecule is CNc1ncc(C)c(OC2CCC(C)C(C)C2)n1. The Balaban J connectivity index is 2.05. The van der Waals surface area contributed by atoms with Gasteiger partial charge in [-0.25, -0.2) is 4.98 Å². The van der Waals surface area contributed by atoms with Crippen LogP contribution in [0.25, 0.3) is 0 Å². The lowest BCUT2D eigenvalue weighted by Gasteiger charge is -2.32. The number of hydrogen-bond acceptors (Lipinski definition) is 4. The van der Waals surface area contributed by atoms with E-state index in [4.69, 9.17) is 4.74 Å². The molecule has 0 bridgehead atoms. The number of hydrogen-bond donors (Lipinski definition) is 1. The van der Waals surface area contributed by atoms with Crippen LogP contribution in [0.3, 0.4) is 0 Å². The van der Waals surface area contributed by atoms with Crippen LogP contribution >= 0.6 is 0 Å². The van der Waals surface area contributed by atoms with Gasteiger partial charge in [-0.15, -0.1) is 0 Å². The number of aromatic nitrogens is 2. The summed E-state index contributed by atoms with van der Waals surface area (Å²) in [5.41, 5.74) is 1.00. The first-order chi connectivity index (χ1) is 8.60. The van der Waals surface area contributed by atoms with Gasteiger partial charge < -0.3 is 10.1 Å². The van der Waals surface area contributed by atoms with Crippen LogP contribution in [0, 0.1) is 18.8 Å². The third-order valence-electron chi connectivity index (χ3n) is 3.98. The number of ether oxygens (including phenoxy) is 1. The van der Waals surface area contributed by atoms with Gasteiger partial charge in [0.25, 0.3) is 0 Å². The Hall–Kier alpha value is -1.32. The van der Waals surface area contributed by atoms with Gasteiger partial charge in [0.15, 0.2) is 0 Å². The molecule has 1 aliphatic rings. The molecule has 3 unspecified atom stereocenters. The second-order valence-corrected chi connectivity index (χ2v) is 5.44. The van der Waals surface area contributed by atoms with E-state index >= 15 is 0 Å². The lowest BCUT2D eigenvalue weighted by atomic mass is 9.80. The van der Waals surface area contributed by atoms with Crippen molar-refractivity contribution < 1.29 is 4.74 Å². The molecule has 3 atom stereocenters. The van der Waals surface area contributed by atoms with E-state index in [-0.39, 0.29) is 0 Å². The van der Waals surface area contributed by atoms with E-state index < -0.39 is 0 Å². The maximum atomic E-state index is 6.06. The van der Waals surface area contributed by atoms with Crippen LogP contribution in [-0.2, 0) is 0 Å². The Kier molecular flexibility index (Phi) is 4.04. The fourth-order valence-electron chi connectivity index (χ4n) is 2.43. The van der Waals surface area contributed by atoms with Crippen molar-refractivity contribution in [1.29, 1.82) is 0 Å². The molecule has 1 aromatic rings. The van der Waals surface area contributed by atoms with Crippen molar-refractivity contribution in [2.75, 3.05) is 12.4 Å². The highest BCUT2D eigenvalue weighted by Gasteiger charge is 2.26. The zero-order chi connectivity index (χ0) is 13.1. The molecule has 1 saturated carbocycles. The smallest absolute Gasteiger partial charge is 0.225 e. The molecule has 18 heavy (non-hydrogen) atoms. The Morgan fingerprint density at radius 3 is 2.72 bits per heavy atom. The summed E-state index contributed by atoms with van der Waals surface area (Å²) in [5, 5.41) is 2.95. The molecule has 1 heterocycles. The van der Waals surface area contributed by atoms with E-state index in [1.807, 2.05) is 20.2 Å². The van der Waals surface area contributed by atoms with Gasteiger partial charge in [-0.2, -0.15) is 4.98 Å². The van der Waals surface area contributed by atoms with Crippen LogP contribution in [0.5, 0.6) is 5.88 Å². The summed E-state index contributed by atoms with van der Waals surface area (Å²) >= 11 is 0. The maximum absolute atomic E-state index is 6.06. The fraction of sp³-hybridized carbons (Fsp3) is 0.714. The minimum atomic E-state index is 0.300. The van der Waals surface area contributed by atoms with Crippen LogP contribution in [0.4, 0.5) is 5.95 Å². The van der Waals surface area contributed by atoms with E-state index in [2.05, 4.69) is 29.1 Å². The van der Waals surface area contributed by atoms with Crippen molar-refractivity contribution in [2.45, 2.75) is 46.1 Å². The Morgan fingerprint density at radius 2 is 2.06 bits per heavy atom. The van der Waals surface area contributed by atoms with Crippen LogP contribution in [0.2, 0.25) is 0 Å². The predicted octanol–water partition coefficient (Wildman–Crippen LogP) is 3.03. The summed E-state index contributed by atoms with van der Waals surface area (Å²) in [6, 6.07) is 0. The maximum Gasteiger partial charge on any atom is 0.225 e. The topological polar surface area (TPSA) is 47.0 Å². The monoisotopic (exact) mass is 249 g/mol. The minimum Gasteiger partial charge on any atom is -0.474 e. The second-order valence-electron chi connectivity index (χ2n) is 5.44. The predicted molar refractivity (Wildman–Crippen MR) is 72.9 cm³/mol. The molecular weight excluding hydrogens is 226 g/mol. The zero-order valence-electron chi connectivity index (χ0n) is 11.7. The molecule has 0 amide bonds. The van der Waals surface area contributed by atoms with Gasteiger partial charge in [0.2, 0.25) is 11.8 Å². The number of anilines is 1. The van der Waals surface area contributed by atoms with Crippen molar-refractivity contribution in [1.82, 2.24) is 9.97 Å². The van der Waals surface area contributed by atoms with E-state index in [0.717, 1.165) is 36.1 Å². The van der Waals surface area contributed by atoms with E-state index in [0.29, 0.717) is 12.1 Å². The second kappa shape index (κ2) is 5.55. The van der Waals surface area contributed by atoms with Crippen molar-refractivity contribution in [3.8, 4) is 5.88 Å². The lowest BCUT2D eigenvalue weighted by Crippen LogP contribution is -2.29. The molecule has 0 aromatic carbocycles. The highest BCUT2D eigenvalue weighted by Crippen LogP contribution is 2.32. The first-order valence-corrected chi connectivity index (χ1v) is 6.78. The molecule has 4 nitrogen and oxygen atoms in total. The zero-order valence-corrected chi connectivity index (χ0v) is 11.7. The molecule has 1 fully saturated rings. The number of aryl methyl sites for hydroxylation is 1. The molecule has 1 aromatic heterocycles. The van der Waals surface area contributed by atoms with Gasteiger partial charge in [0.1, 0.15) is 6.10 Å². The summed E-state index contributed by atoms with van der Waals surface area (Å²) < 4.78 is 6.06. The van der Waals surface area contributed by atoms with Gasteiger partial charge in [-0.1, -0.05) is 13.8 Å². The molecular formula is C14H23N3O. The number of nitrogens with zero attached hydrogens (tertiary/aromatic N) is 2. The van der Waals surface area contributed by atoms with Crippen molar-refractivity contribution in [2.24, 2.45) is 11.8 Å². The average Bonchev–Trinajstić information content (AvgIpc) is 2.36. The molecule has 100 valence electrons. The Labute approximate surface area is 109 Å². The normalized spacial score (nSPS) is 27.9. The van der Waals surface area contributed by atoms with Crippen LogP contribution in [0.1, 0.15) is 38.7 Å². The minimum absolute atomic E-state index is 0.300. The lowest BCUT2D eigenvalue weighted by molar-refractivity contribution is 0.0957. The average molecular weight is 249 g/mol. The molecule has 4 heteroatoms. The quantitative estimate of drug-likeness (QED) is 0.894. The summed E-state index contributed by atoms with van der Waals surface area (Å²) in [5.74, 6) is 2.88. The van der Waals surface area contributed by atoms with Crippen LogP contribution in [0.15, 0.2) is 6.20 Å². The van der Waals surface area contributed by atoms with Crippen LogP contribution < -0.4 is 10.1 Å². The molecule has 1 N–H and O–H groups in total. The number of rotatable bonds is 3. The highest BCUT2D eigenvalue weighted by molar-refractivity contribution is 5.31. The van der Waals surface area contributed by atoms with Crippen molar-refractivity contribution in [3.63, 3.8) is 0 Å². The summed E-state index contributed by atoms with van der Waals surface area (Å²) in [7, 11) is 1.82. The molecule has 0 saturated heterocycles. The first-order valence-electron chi connectivity index (χ1n) is 6.78. The van der Waals surface area contributed by atoms with Gasteiger partial charge in [0, 0.05) is 18.8 Å². The third-order valence-corrected chi connectivity index (χ3v) is 3.98. The summed E-state index contributed by atoms with van der Waals surface area (Å²) in [6.07, 6.45) is 5.61. The van der Waals surface area contributed by atoms with Gasteiger partial charge in [-0.05, 0) is 38.0 Å². The van der Waals surface area contributed by atoms with Crippen molar-refractivity contribution >= 4 is 5.95 Å². The van der Waals surface area contributed by atoms with Crippen molar-refractivity contribution in [3.05, 3.63) is 11.8 Å². The van der Waals surface area contributed by atoms with E-state index in [9.17, 15) is 0 Å². The summed E-state index contributed by atoms with van der Waals surface area (Å²) in [4.78, 5) is 8.56. The third kappa shape index (κ3) is 2.92. The van der Waals surface area contributed by atoms with Gasteiger partial charge >= 0.3 is 0 Å². The van der Waals surface area contributed by atoms with Gasteiger partial charge in [0.05, 0.1) is 0 Å². The molecule has 0 spiro atoms. The first kappa shape index (κ1) is 13.1.